The van der Waals surface area contributed by atoms with Gasteiger partial charge in [0.15, 0.2) is 0 Å². The first-order valence-electron chi connectivity index (χ1n) is 6.84. The first-order valence-corrected chi connectivity index (χ1v) is 6.84. The summed E-state index contributed by atoms with van der Waals surface area (Å²) in [5.41, 5.74) is 6.20. The predicted molar refractivity (Wildman–Crippen MR) is 79.8 cm³/mol. The monoisotopic (exact) mass is 257 g/mol. The summed E-state index contributed by atoms with van der Waals surface area (Å²) in [4.78, 5) is 0. The molecule has 2 aromatic rings. The van der Waals surface area contributed by atoms with Gasteiger partial charge in [-0.3, -0.25) is 0 Å². The number of para-hydroxylation sites is 1. The van der Waals surface area contributed by atoms with Gasteiger partial charge in [0.05, 0.1) is 11.9 Å². The van der Waals surface area contributed by atoms with E-state index in [1.54, 1.807) is 0 Å². The summed E-state index contributed by atoms with van der Waals surface area (Å²) in [7, 11) is 0. The second-order valence-electron chi connectivity index (χ2n) is 5.44. The van der Waals surface area contributed by atoms with Crippen LogP contribution in [0.3, 0.4) is 0 Å². The van der Waals surface area contributed by atoms with Gasteiger partial charge in [-0.25, -0.2) is 4.68 Å². The molecule has 1 aromatic heterocycles. The molecule has 0 radical (unpaired) electrons. The topological polar surface area (TPSA) is 29.9 Å². The van der Waals surface area contributed by atoms with Gasteiger partial charge in [0.2, 0.25) is 0 Å². The maximum Gasteiger partial charge on any atom is 0.0707 e. The molecule has 1 N–H and O–H groups in total. The van der Waals surface area contributed by atoms with Crippen molar-refractivity contribution in [2.24, 2.45) is 0 Å². The van der Waals surface area contributed by atoms with Crippen molar-refractivity contribution in [3.8, 4) is 5.69 Å². The molecule has 102 valence electrons. The van der Waals surface area contributed by atoms with Gasteiger partial charge in [-0.2, -0.15) is 5.10 Å². The summed E-state index contributed by atoms with van der Waals surface area (Å²) >= 11 is 0. The van der Waals surface area contributed by atoms with E-state index in [2.05, 4.69) is 67.9 Å². The van der Waals surface area contributed by atoms with Crippen LogP contribution in [0.5, 0.6) is 0 Å². The van der Waals surface area contributed by atoms with Crippen LogP contribution in [0.4, 0.5) is 0 Å². The average Bonchev–Trinajstić information content (AvgIpc) is 2.68. The number of benzene rings is 1. The Morgan fingerprint density at radius 2 is 1.79 bits per heavy atom. The van der Waals surface area contributed by atoms with Gasteiger partial charge >= 0.3 is 0 Å². The van der Waals surface area contributed by atoms with Crippen molar-refractivity contribution < 1.29 is 0 Å². The SMILES string of the molecule is Cc1cccc(C)c1-n1ncc(CNC(C)C)c1C. The van der Waals surface area contributed by atoms with Gasteiger partial charge in [0.25, 0.3) is 0 Å². The average molecular weight is 257 g/mol. The Balaban J connectivity index is 2.37. The van der Waals surface area contributed by atoms with Crippen LogP contribution in [0, 0.1) is 20.8 Å². The number of rotatable bonds is 4. The lowest BCUT2D eigenvalue weighted by atomic mass is 10.1. The summed E-state index contributed by atoms with van der Waals surface area (Å²) in [5.74, 6) is 0. The zero-order valence-corrected chi connectivity index (χ0v) is 12.5. The molecule has 0 bridgehead atoms. The van der Waals surface area contributed by atoms with Crippen LogP contribution < -0.4 is 5.32 Å². The molecule has 3 heteroatoms. The highest BCUT2D eigenvalue weighted by Crippen LogP contribution is 2.21. The van der Waals surface area contributed by atoms with E-state index in [0.717, 1.165) is 6.54 Å². The van der Waals surface area contributed by atoms with Crippen LogP contribution in [-0.4, -0.2) is 15.8 Å². The molecule has 1 heterocycles. The Hall–Kier alpha value is -1.61. The largest absolute Gasteiger partial charge is 0.310 e. The molecule has 0 unspecified atom stereocenters. The Morgan fingerprint density at radius 1 is 1.16 bits per heavy atom. The number of aryl methyl sites for hydroxylation is 2. The lowest BCUT2D eigenvalue weighted by Gasteiger charge is -2.12. The number of aromatic nitrogens is 2. The molecule has 0 amide bonds. The van der Waals surface area contributed by atoms with E-state index in [9.17, 15) is 0 Å². The van der Waals surface area contributed by atoms with Crippen molar-refractivity contribution >= 4 is 0 Å². The predicted octanol–water partition coefficient (Wildman–Crippen LogP) is 3.30. The van der Waals surface area contributed by atoms with Crippen LogP contribution >= 0.6 is 0 Å². The zero-order chi connectivity index (χ0) is 14.0. The normalized spacial score (nSPS) is 11.3. The Labute approximate surface area is 115 Å². The smallest absolute Gasteiger partial charge is 0.0707 e. The van der Waals surface area contributed by atoms with Gasteiger partial charge in [0.1, 0.15) is 0 Å². The van der Waals surface area contributed by atoms with E-state index in [4.69, 9.17) is 0 Å². The molecule has 0 aliphatic carbocycles. The minimum absolute atomic E-state index is 0.489. The van der Waals surface area contributed by atoms with Crippen molar-refractivity contribution in [1.29, 1.82) is 0 Å². The van der Waals surface area contributed by atoms with Gasteiger partial charge in [0, 0.05) is 23.8 Å². The van der Waals surface area contributed by atoms with E-state index >= 15 is 0 Å². The Bertz CT molecular complexity index is 547. The van der Waals surface area contributed by atoms with Crippen LogP contribution in [0.2, 0.25) is 0 Å². The minimum Gasteiger partial charge on any atom is -0.310 e. The minimum atomic E-state index is 0.489. The third-order valence-corrected chi connectivity index (χ3v) is 3.46. The van der Waals surface area contributed by atoms with Gasteiger partial charge < -0.3 is 5.32 Å². The van der Waals surface area contributed by atoms with E-state index in [1.807, 2.05) is 6.20 Å². The maximum atomic E-state index is 4.56. The van der Waals surface area contributed by atoms with Crippen molar-refractivity contribution in [3.05, 3.63) is 46.8 Å². The molecule has 1 aromatic carbocycles. The summed E-state index contributed by atoms with van der Waals surface area (Å²) in [6, 6.07) is 6.85. The second-order valence-corrected chi connectivity index (χ2v) is 5.44. The van der Waals surface area contributed by atoms with Gasteiger partial charge in [-0.15, -0.1) is 0 Å². The molecule has 0 fully saturated rings. The number of nitrogens with one attached hydrogen (secondary N) is 1. The molecule has 0 aliphatic heterocycles. The number of nitrogens with zero attached hydrogens (tertiary/aromatic N) is 2. The molecule has 0 saturated carbocycles. The standard InChI is InChI=1S/C16H23N3/c1-11(2)17-9-15-10-18-19(14(15)5)16-12(3)7-6-8-13(16)4/h6-8,10-11,17H,9H2,1-5H3. The molecule has 19 heavy (non-hydrogen) atoms. The first kappa shape index (κ1) is 13.8. The molecule has 0 spiro atoms. The lowest BCUT2D eigenvalue weighted by molar-refractivity contribution is 0.587. The maximum absolute atomic E-state index is 4.56. The van der Waals surface area contributed by atoms with E-state index in [-0.39, 0.29) is 0 Å². The zero-order valence-electron chi connectivity index (χ0n) is 12.5. The van der Waals surface area contributed by atoms with E-state index < -0.39 is 0 Å². The third-order valence-electron chi connectivity index (χ3n) is 3.46. The molecule has 0 aliphatic rings. The van der Waals surface area contributed by atoms with Crippen molar-refractivity contribution in [3.63, 3.8) is 0 Å². The third kappa shape index (κ3) is 2.87. The Morgan fingerprint density at radius 3 is 2.37 bits per heavy atom. The molecule has 0 atom stereocenters. The highest BCUT2D eigenvalue weighted by atomic mass is 15.3. The van der Waals surface area contributed by atoms with E-state index in [1.165, 1.54) is 28.1 Å². The van der Waals surface area contributed by atoms with Crippen molar-refractivity contribution in [2.75, 3.05) is 0 Å². The highest BCUT2D eigenvalue weighted by molar-refractivity contribution is 5.47. The van der Waals surface area contributed by atoms with Crippen LogP contribution in [0.15, 0.2) is 24.4 Å². The quantitative estimate of drug-likeness (QED) is 0.911. The number of hydrogen-bond acceptors (Lipinski definition) is 2. The lowest BCUT2D eigenvalue weighted by Crippen LogP contribution is -2.22. The molecular formula is C16H23N3. The van der Waals surface area contributed by atoms with Crippen molar-refractivity contribution in [1.82, 2.24) is 15.1 Å². The van der Waals surface area contributed by atoms with Crippen molar-refractivity contribution in [2.45, 2.75) is 47.2 Å². The first-order chi connectivity index (χ1) is 9.00. The second kappa shape index (κ2) is 5.57. The molecule has 3 nitrogen and oxygen atoms in total. The van der Waals surface area contributed by atoms with Gasteiger partial charge in [-0.1, -0.05) is 32.0 Å². The summed E-state index contributed by atoms with van der Waals surface area (Å²) in [5, 5.41) is 8.01. The van der Waals surface area contributed by atoms with E-state index in [0.29, 0.717) is 6.04 Å². The van der Waals surface area contributed by atoms with Crippen LogP contribution in [0.25, 0.3) is 5.69 Å². The fourth-order valence-electron chi connectivity index (χ4n) is 2.30. The summed E-state index contributed by atoms with van der Waals surface area (Å²) < 4.78 is 2.06. The summed E-state index contributed by atoms with van der Waals surface area (Å²) in [6.07, 6.45) is 1.97. The highest BCUT2D eigenvalue weighted by Gasteiger charge is 2.11. The fraction of sp³-hybridized carbons (Fsp3) is 0.438. The fourth-order valence-corrected chi connectivity index (χ4v) is 2.30. The summed E-state index contributed by atoms with van der Waals surface area (Å²) in [6.45, 7) is 11.6. The van der Waals surface area contributed by atoms with Gasteiger partial charge in [-0.05, 0) is 31.9 Å². The molecule has 0 saturated heterocycles. The number of hydrogen-bond donors (Lipinski definition) is 1. The Kier molecular flexibility index (Phi) is 4.05. The molecule has 2 rings (SSSR count). The van der Waals surface area contributed by atoms with Crippen LogP contribution in [0.1, 0.15) is 36.2 Å². The molecular weight excluding hydrogens is 234 g/mol. The van der Waals surface area contributed by atoms with Crippen LogP contribution in [-0.2, 0) is 6.54 Å².